The van der Waals surface area contributed by atoms with Gasteiger partial charge in [0.25, 0.3) is 0 Å². The van der Waals surface area contributed by atoms with E-state index in [0.29, 0.717) is 19.3 Å². The molecule has 2 aromatic rings. The predicted octanol–water partition coefficient (Wildman–Crippen LogP) is 4.26. The third-order valence-electron chi connectivity index (χ3n) is 7.09. The molecule has 6 nitrogen and oxygen atoms in total. The first-order valence-electron chi connectivity index (χ1n) is 12.1. The van der Waals surface area contributed by atoms with Crippen molar-refractivity contribution < 1.29 is 14.3 Å². The summed E-state index contributed by atoms with van der Waals surface area (Å²) >= 11 is 0. The summed E-state index contributed by atoms with van der Waals surface area (Å²) in [5.41, 5.74) is 2.21. The zero-order valence-corrected chi connectivity index (χ0v) is 18.7. The number of carbonyl (C=O) groups excluding carboxylic acids is 1. The summed E-state index contributed by atoms with van der Waals surface area (Å²) in [7, 11) is 0. The van der Waals surface area contributed by atoms with Crippen molar-refractivity contribution in [2.45, 2.75) is 63.6 Å². The third-order valence-corrected chi connectivity index (χ3v) is 7.09. The standard InChI is InChI=1S/C26H33N3O3/c30-26(20-6-5-7-20)28-23(22-9-1-3-12-27-22)17-21-8-2-4-13-29(21)18-19-10-11-24-25(16-19)32-15-14-31-24/h1,3,9-12,16,20-21,23H,2,4-8,13-15,17-18H2,(H,28,30)/t21-,23-/m1/s1. The van der Waals surface area contributed by atoms with Gasteiger partial charge in [-0.15, -0.1) is 0 Å². The van der Waals surface area contributed by atoms with Gasteiger partial charge in [-0.3, -0.25) is 14.7 Å². The number of hydrogen-bond acceptors (Lipinski definition) is 5. The van der Waals surface area contributed by atoms with Crippen molar-refractivity contribution in [1.82, 2.24) is 15.2 Å². The van der Waals surface area contributed by atoms with E-state index in [-0.39, 0.29) is 17.9 Å². The SMILES string of the molecule is O=C(N[C@H](C[C@H]1CCCCN1Cc1ccc2c(c1)OCCO2)c1ccccn1)C1CCC1. The highest BCUT2D eigenvalue weighted by Crippen LogP contribution is 2.33. The molecular weight excluding hydrogens is 402 g/mol. The van der Waals surface area contributed by atoms with Crippen LogP contribution in [0, 0.1) is 5.92 Å². The lowest BCUT2D eigenvalue weighted by atomic mass is 9.84. The molecular formula is C26H33N3O3. The number of pyridine rings is 1. The van der Waals surface area contributed by atoms with Crippen molar-refractivity contribution >= 4 is 5.91 Å². The number of benzene rings is 1. The van der Waals surface area contributed by atoms with Crippen LogP contribution in [0.2, 0.25) is 0 Å². The average molecular weight is 436 g/mol. The van der Waals surface area contributed by atoms with Crippen LogP contribution >= 0.6 is 0 Å². The molecule has 1 saturated heterocycles. The highest BCUT2D eigenvalue weighted by Gasteiger charge is 2.31. The molecule has 32 heavy (non-hydrogen) atoms. The fourth-order valence-corrected chi connectivity index (χ4v) is 5.02. The van der Waals surface area contributed by atoms with Crippen LogP contribution in [0.25, 0.3) is 0 Å². The maximum atomic E-state index is 12.8. The molecule has 0 unspecified atom stereocenters. The zero-order chi connectivity index (χ0) is 21.8. The number of nitrogens with zero attached hydrogens (tertiary/aromatic N) is 2. The Kier molecular flexibility index (Phi) is 6.58. The van der Waals surface area contributed by atoms with Gasteiger partial charge in [-0.1, -0.05) is 25.0 Å². The fourth-order valence-electron chi connectivity index (χ4n) is 5.02. The number of rotatable bonds is 7. The van der Waals surface area contributed by atoms with Gasteiger partial charge in [0.2, 0.25) is 5.91 Å². The molecule has 2 atom stereocenters. The molecule has 2 aliphatic heterocycles. The number of likely N-dealkylation sites (tertiary alicyclic amines) is 1. The first-order chi connectivity index (χ1) is 15.8. The molecule has 1 saturated carbocycles. The first-order valence-corrected chi connectivity index (χ1v) is 12.1. The molecule has 2 fully saturated rings. The van der Waals surface area contributed by atoms with E-state index >= 15 is 0 Å². The summed E-state index contributed by atoms with van der Waals surface area (Å²) in [5.74, 6) is 2.06. The summed E-state index contributed by atoms with van der Waals surface area (Å²) in [6.45, 7) is 3.18. The molecule has 5 rings (SSSR count). The fraction of sp³-hybridized carbons (Fsp3) is 0.538. The van der Waals surface area contributed by atoms with E-state index in [1.54, 1.807) is 0 Å². The lowest BCUT2D eigenvalue weighted by Crippen LogP contribution is -2.44. The van der Waals surface area contributed by atoms with E-state index < -0.39 is 0 Å². The normalized spacial score (nSPS) is 22.1. The number of fused-ring (bicyclic) bond motifs is 1. The molecule has 1 amide bonds. The van der Waals surface area contributed by atoms with Crippen molar-refractivity contribution in [1.29, 1.82) is 0 Å². The maximum absolute atomic E-state index is 12.8. The van der Waals surface area contributed by atoms with E-state index in [2.05, 4.69) is 27.3 Å². The first kappa shape index (κ1) is 21.3. The Morgan fingerprint density at radius 2 is 1.94 bits per heavy atom. The quantitative estimate of drug-likeness (QED) is 0.704. The minimum atomic E-state index is -0.0461. The molecule has 6 heteroatoms. The number of piperidine rings is 1. The van der Waals surface area contributed by atoms with Crippen LogP contribution in [0.4, 0.5) is 0 Å². The largest absolute Gasteiger partial charge is 0.486 e. The van der Waals surface area contributed by atoms with Gasteiger partial charge in [-0.05, 0) is 68.5 Å². The summed E-state index contributed by atoms with van der Waals surface area (Å²) < 4.78 is 11.5. The Balaban J connectivity index is 1.30. The Hall–Kier alpha value is -2.60. The number of aromatic nitrogens is 1. The van der Waals surface area contributed by atoms with Crippen molar-refractivity contribution in [3.8, 4) is 11.5 Å². The Morgan fingerprint density at radius 3 is 2.72 bits per heavy atom. The van der Waals surface area contributed by atoms with Gasteiger partial charge in [-0.2, -0.15) is 0 Å². The number of ether oxygens (including phenoxy) is 2. The average Bonchev–Trinajstić information content (AvgIpc) is 2.79. The summed E-state index contributed by atoms with van der Waals surface area (Å²) in [6.07, 6.45) is 9.50. The summed E-state index contributed by atoms with van der Waals surface area (Å²) in [4.78, 5) is 19.9. The van der Waals surface area contributed by atoms with E-state index in [4.69, 9.17) is 9.47 Å². The number of amides is 1. The van der Waals surface area contributed by atoms with Crippen molar-refractivity contribution in [3.05, 3.63) is 53.9 Å². The minimum Gasteiger partial charge on any atom is -0.486 e. The molecule has 3 aliphatic rings. The van der Waals surface area contributed by atoms with E-state index in [1.165, 1.54) is 18.4 Å². The van der Waals surface area contributed by atoms with Gasteiger partial charge in [0.15, 0.2) is 11.5 Å². The van der Waals surface area contributed by atoms with Gasteiger partial charge in [0.1, 0.15) is 13.2 Å². The van der Waals surface area contributed by atoms with Crippen molar-refractivity contribution in [3.63, 3.8) is 0 Å². The van der Waals surface area contributed by atoms with Gasteiger partial charge in [0.05, 0.1) is 11.7 Å². The maximum Gasteiger partial charge on any atom is 0.223 e. The van der Waals surface area contributed by atoms with Gasteiger partial charge >= 0.3 is 0 Å². The van der Waals surface area contributed by atoms with Crippen LogP contribution < -0.4 is 14.8 Å². The second kappa shape index (κ2) is 9.90. The van der Waals surface area contributed by atoms with Crippen LogP contribution in [0.3, 0.4) is 0 Å². The monoisotopic (exact) mass is 435 g/mol. The Labute approximate surface area is 190 Å². The topological polar surface area (TPSA) is 63.7 Å². The second-order valence-corrected chi connectivity index (χ2v) is 9.28. The van der Waals surface area contributed by atoms with Crippen molar-refractivity contribution in [2.24, 2.45) is 5.92 Å². The van der Waals surface area contributed by atoms with Crippen LogP contribution in [-0.4, -0.2) is 41.6 Å². The number of carbonyl (C=O) groups is 1. The molecule has 0 bridgehead atoms. The highest BCUT2D eigenvalue weighted by atomic mass is 16.6. The van der Waals surface area contributed by atoms with Gasteiger partial charge in [0, 0.05) is 24.7 Å². The molecule has 1 N–H and O–H groups in total. The lowest BCUT2D eigenvalue weighted by molar-refractivity contribution is -0.128. The smallest absolute Gasteiger partial charge is 0.223 e. The van der Waals surface area contributed by atoms with E-state index in [0.717, 1.165) is 62.4 Å². The van der Waals surface area contributed by atoms with E-state index in [1.807, 2.05) is 30.5 Å². The third kappa shape index (κ3) is 4.90. The van der Waals surface area contributed by atoms with Crippen LogP contribution in [-0.2, 0) is 11.3 Å². The van der Waals surface area contributed by atoms with Crippen molar-refractivity contribution in [2.75, 3.05) is 19.8 Å². The van der Waals surface area contributed by atoms with Crippen LogP contribution in [0.15, 0.2) is 42.6 Å². The zero-order valence-electron chi connectivity index (χ0n) is 18.7. The molecule has 1 aromatic carbocycles. The van der Waals surface area contributed by atoms with Gasteiger partial charge in [-0.25, -0.2) is 0 Å². The Morgan fingerprint density at radius 1 is 1.06 bits per heavy atom. The molecule has 1 aromatic heterocycles. The molecule has 170 valence electrons. The van der Waals surface area contributed by atoms with Crippen LogP contribution in [0.1, 0.15) is 62.2 Å². The lowest BCUT2D eigenvalue weighted by Gasteiger charge is -2.38. The Bertz CT molecular complexity index is 916. The minimum absolute atomic E-state index is 0.0461. The number of hydrogen-bond donors (Lipinski definition) is 1. The van der Waals surface area contributed by atoms with Gasteiger partial charge < -0.3 is 14.8 Å². The van der Waals surface area contributed by atoms with Crippen LogP contribution in [0.5, 0.6) is 11.5 Å². The number of nitrogens with one attached hydrogen (secondary N) is 1. The highest BCUT2D eigenvalue weighted by molar-refractivity contribution is 5.79. The predicted molar refractivity (Wildman–Crippen MR) is 123 cm³/mol. The summed E-state index contributed by atoms with van der Waals surface area (Å²) in [6, 6.07) is 12.6. The summed E-state index contributed by atoms with van der Waals surface area (Å²) in [5, 5.41) is 3.34. The van der Waals surface area contributed by atoms with E-state index in [9.17, 15) is 4.79 Å². The second-order valence-electron chi connectivity index (χ2n) is 9.28. The molecule has 1 aliphatic carbocycles. The molecule has 0 radical (unpaired) electrons. The molecule has 0 spiro atoms. The molecule has 3 heterocycles.